The Morgan fingerprint density at radius 2 is 0.490 bits per heavy atom. The van der Waals surface area contributed by atoms with Gasteiger partial charge in [-0.15, -0.1) is 0 Å². The van der Waals surface area contributed by atoms with E-state index in [1.807, 2.05) is 0 Å². The summed E-state index contributed by atoms with van der Waals surface area (Å²) in [5.41, 5.74) is 3.74. The Bertz CT molecular complexity index is 2180. The summed E-state index contributed by atoms with van der Waals surface area (Å²) in [6.07, 6.45) is 0. The molecule has 0 saturated carbocycles. The van der Waals surface area contributed by atoms with Crippen molar-refractivity contribution >= 4 is 57.6 Å². The SMILES string of the molecule is Cc1cccc([Si](c2ccccc2)(c2ccccc2)c2ccc(-c3ccc([Si](c4ccccc4)(c4ccccc4)c4ccccc4)cc3)cc2)c1. The van der Waals surface area contributed by atoms with E-state index in [9.17, 15) is 0 Å². The van der Waals surface area contributed by atoms with E-state index in [1.54, 1.807) is 0 Å². The summed E-state index contributed by atoms with van der Waals surface area (Å²) in [4.78, 5) is 0. The van der Waals surface area contributed by atoms with Crippen LogP contribution in [0.25, 0.3) is 11.1 Å². The van der Waals surface area contributed by atoms with Crippen molar-refractivity contribution in [1.29, 1.82) is 0 Å². The molecule has 8 aromatic carbocycles. The highest BCUT2D eigenvalue weighted by atomic mass is 28.3. The van der Waals surface area contributed by atoms with Gasteiger partial charge in [0.25, 0.3) is 0 Å². The fourth-order valence-corrected chi connectivity index (χ4v) is 17.7. The summed E-state index contributed by atoms with van der Waals surface area (Å²) in [6, 6.07) is 83.8. The van der Waals surface area contributed by atoms with Crippen LogP contribution in [0.3, 0.4) is 0 Å². The highest BCUT2D eigenvalue weighted by molar-refractivity contribution is 7.20. The fourth-order valence-electron chi connectivity index (χ4n) is 8.14. The molecule has 0 heterocycles. The minimum atomic E-state index is -2.60. The molecule has 0 radical (unpaired) electrons. The van der Waals surface area contributed by atoms with Crippen molar-refractivity contribution in [1.82, 2.24) is 0 Å². The number of hydrogen-bond acceptors (Lipinski definition) is 0. The Morgan fingerprint density at radius 3 is 0.784 bits per heavy atom. The zero-order chi connectivity index (χ0) is 34.5. The first kappa shape index (κ1) is 32.4. The largest absolute Gasteiger partial charge is 0.179 e. The van der Waals surface area contributed by atoms with Crippen LogP contribution < -0.4 is 41.5 Å². The van der Waals surface area contributed by atoms with Crippen LogP contribution >= 0.6 is 0 Å². The molecular weight excluding hydrogens is 645 g/mol. The molecule has 8 aromatic rings. The monoisotopic (exact) mass is 684 g/mol. The molecule has 0 fully saturated rings. The second-order valence-corrected chi connectivity index (χ2v) is 21.0. The predicted molar refractivity (Wildman–Crippen MR) is 224 cm³/mol. The lowest BCUT2D eigenvalue weighted by atomic mass is 10.1. The molecule has 0 unspecified atom stereocenters. The molecule has 0 saturated heterocycles. The number of aryl methyl sites for hydroxylation is 1. The van der Waals surface area contributed by atoms with Crippen molar-refractivity contribution in [2.24, 2.45) is 0 Å². The molecular formula is C49H40Si2. The van der Waals surface area contributed by atoms with Crippen molar-refractivity contribution in [2.75, 3.05) is 0 Å². The molecule has 0 aliphatic heterocycles. The lowest BCUT2D eigenvalue weighted by molar-refractivity contribution is 1.49. The van der Waals surface area contributed by atoms with Gasteiger partial charge in [-0.05, 0) is 59.5 Å². The average molecular weight is 685 g/mol. The maximum Gasteiger partial charge on any atom is 0.179 e. The summed E-state index contributed by atoms with van der Waals surface area (Å²) in [5, 5.41) is 11.1. The Morgan fingerprint density at radius 1 is 0.235 bits per heavy atom. The van der Waals surface area contributed by atoms with Crippen molar-refractivity contribution in [3.8, 4) is 11.1 Å². The first-order valence-corrected chi connectivity index (χ1v) is 21.8. The van der Waals surface area contributed by atoms with Gasteiger partial charge >= 0.3 is 0 Å². The molecule has 0 aromatic heterocycles. The topological polar surface area (TPSA) is 0 Å². The maximum absolute atomic E-state index is 2.60. The third kappa shape index (κ3) is 5.83. The molecule has 0 spiro atoms. The number of rotatable bonds is 9. The minimum Gasteiger partial charge on any atom is -0.0623 e. The molecule has 0 atom stereocenters. The molecule has 0 aliphatic carbocycles. The van der Waals surface area contributed by atoms with Gasteiger partial charge in [-0.1, -0.05) is 230 Å². The van der Waals surface area contributed by atoms with Crippen LogP contribution in [-0.4, -0.2) is 16.1 Å². The van der Waals surface area contributed by atoms with Crippen LogP contribution in [0.15, 0.2) is 224 Å². The Labute approximate surface area is 304 Å². The fraction of sp³-hybridized carbons (Fsp3) is 0.0204. The predicted octanol–water partition coefficient (Wildman–Crippen LogP) is 6.42. The van der Waals surface area contributed by atoms with Gasteiger partial charge in [-0.3, -0.25) is 0 Å². The minimum absolute atomic E-state index is 1.23. The normalized spacial score (nSPS) is 11.6. The summed E-state index contributed by atoms with van der Waals surface area (Å²) >= 11 is 0. The van der Waals surface area contributed by atoms with Crippen LogP contribution in [0, 0.1) is 6.92 Å². The zero-order valence-electron chi connectivity index (χ0n) is 28.9. The quantitative estimate of drug-likeness (QED) is 0.122. The molecule has 0 aliphatic rings. The molecule has 2 heteroatoms. The van der Waals surface area contributed by atoms with Crippen LogP contribution in [-0.2, 0) is 0 Å². The highest BCUT2D eigenvalue weighted by Gasteiger charge is 2.42. The third-order valence-corrected chi connectivity index (χ3v) is 20.0. The molecule has 51 heavy (non-hydrogen) atoms. The lowest BCUT2D eigenvalue weighted by Gasteiger charge is -2.35. The van der Waals surface area contributed by atoms with Crippen LogP contribution in [0.5, 0.6) is 0 Å². The van der Waals surface area contributed by atoms with E-state index in [1.165, 1.54) is 58.2 Å². The second-order valence-electron chi connectivity index (χ2n) is 13.4. The molecule has 244 valence electrons. The van der Waals surface area contributed by atoms with E-state index >= 15 is 0 Å². The van der Waals surface area contributed by atoms with Gasteiger partial charge in [0.05, 0.1) is 0 Å². The summed E-state index contributed by atoms with van der Waals surface area (Å²) < 4.78 is 0. The van der Waals surface area contributed by atoms with Gasteiger partial charge in [-0.25, -0.2) is 0 Å². The lowest BCUT2D eigenvalue weighted by Crippen LogP contribution is -2.74. The first-order chi connectivity index (χ1) is 25.2. The molecule has 8 rings (SSSR count). The zero-order valence-corrected chi connectivity index (χ0v) is 30.9. The third-order valence-electron chi connectivity index (χ3n) is 10.5. The van der Waals surface area contributed by atoms with E-state index in [0.29, 0.717) is 0 Å². The molecule has 0 amide bonds. The van der Waals surface area contributed by atoms with Gasteiger partial charge in [0.2, 0.25) is 0 Å². The van der Waals surface area contributed by atoms with Crippen molar-refractivity contribution in [3.63, 3.8) is 0 Å². The van der Waals surface area contributed by atoms with E-state index in [-0.39, 0.29) is 0 Å². The van der Waals surface area contributed by atoms with Gasteiger partial charge in [0.1, 0.15) is 0 Å². The van der Waals surface area contributed by atoms with Gasteiger partial charge in [0.15, 0.2) is 16.1 Å². The second kappa shape index (κ2) is 14.2. The molecule has 0 nitrogen and oxygen atoms in total. The Kier molecular flexibility index (Phi) is 9.02. The first-order valence-electron chi connectivity index (χ1n) is 17.8. The number of benzene rings is 8. The summed E-state index contributed by atoms with van der Waals surface area (Å²) in [5.74, 6) is 0. The number of hydrogen-bond donors (Lipinski definition) is 0. The van der Waals surface area contributed by atoms with Crippen LogP contribution in [0.2, 0.25) is 0 Å². The van der Waals surface area contributed by atoms with Crippen LogP contribution in [0.1, 0.15) is 5.56 Å². The van der Waals surface area contributed by atoms with E-state index in [2.05, 4.69) is 231 Å². The maximum atomic E-state index is 2.40. The van der Waals surface area contributed by atoms with Gasteiger partial charge in [-0.2, -0.15) is 0 Å². The van der Waals surface area contributed by atoms with Crippen molar-refractivity contribution in [2.45, 2.75) is 6.92 Å². The Balaban J connectivity index is 1.26. The summed E-state index contributed by atoms with van der Waals surface area (Å²) in [6.45, 7) is 2.20. The molecule has 0 N–H and O–H groups in total. The average Bonchev–Trinajstić information content (AvgIpc) is 3.21. The highest BCUT2D eigenvalue weighted by Crippen LogP contribution is 2.20. The molecule has 0 bridgehead atoms. The van der Waals surface area contributed by atoms with E-state index in [0.717, 1.165) is 0 Å². The van der Waals surface area contributed by atoms with E-state index in [4.69, 9.17) is 0 Å². The van der Waals surface area contributed by atoms with Gasteiger partial charge < -0.3 is 0 Å². The summed E-state index contributed by atoms with van der Waals surface area (Å²) in [7, 11) is -5.17. The van der Waals surface area contributed by atoms with Crippen LogP contribution in [0.4, 0.5) is 0 Å². The van der Waals surface area contributed by atoms with Crippen molar-refractivity contribution < 1.29 is 0 Å². The van der Waals surface area contributed by atoms with Crippen molar-refractivity contribution in [3.05, 3.63) is 230 Å². The standard InChI is InChI=1S/C49H40Si2/c1-39-18-17-29-49(38-39)51(45-25-13-5-14-26-45,46-27-15-6-16-28-46)48-36-32-41(33-37-48)40-30-34-47(35-31-40)50(42-19-7-2-8-20-42,43-21-9-3-10-22-43)44-23-11-4-12-24-44/h2-38H,1H3. The Hall–Kier alpha value is -5.81. The smallest absolute Gasteiger partial charge is 0.0623 e. The van der Waals surface area contributed by atoms with Gasteiger partial charge in [0, 0.05) is 0 Å². The van der Waals surface area contributed by atoms with E-state index < -0.39 is 16.1 Å².